The van der Waals surface area contributed by atoms with Gasteiger partial charge in [-0.05, 0) is 49.7 Å². The molecule has 2 aromatic rings. The van der Waals surface area contributed by atoms with Crippen molar-refractivity contribution in [2.75, 3.05) is 33.3 Å². The largest absolute Gasteiger partial charge is 0.493 e. The molecule has 2 aromatic carbocycles. The van der Waals surface area contributed by atoms with Crippen molar-refractivity contribution in [1.82, 2.24) is 10.2 Å². The van der Waals surface area contributed by atoms with E-state index in [0.29, 0.717) is 35.2 Å². The van der Waals surface area contributed by atoms with Crippen LogP contribution in [0.25, 0.3) is 0 Å². The summed E-state index contributed by atoms with van der Waals surface area (Å²) in [7, 11) is 1.56. The Morgan fingerprint density at radius 3 is 2.50 bits per heavy atom. The summed E-state index contributed by atoms with van der Waals surface area (Å²) in [5.74, 6) is 0.972. The lowest BCUT2D eigenvalue weighted by Gasteiger charge is -2.35. The summed E-state index contributed by atoms with van der Waals surface area (Å²) in [5.41, 5.74) is 1.53. The molecule has 0 bridgehead atoms. The molecule has 1 aliphatic rings. The van der Waals surface area contributed by atoms with Crippen LogP contribution in [0.15, 0.2) is 42.5 Å². The lowest BCUT2D eigenvalue weighted by atomic mass is 10.2. The molecule has 1 aliphatic heterocycles. The molecule has 1 amide bonds. The van der Waals surface area contributed by atoms with E-state index in [1.54, 1.807) is 25.3 Å². The van der Waals surface area contributed by atoms with Crippen molar-refractivity contribution >= 4 is 17.5 Å². The Bertz CT molecular complexity index is 834. The maximum absolute atomic E-state index is 12.5. The van der Waals surface area contributed by atoms with Gasteiger partial charge in [0.1, 0.15) is 6.61 Å². The van der Waals surface area contributed by atoms with Gasteiger partial charge in [0.2, 0.25) is 0 Å². The highest BCUT2D eigenvalue weighted by molar-refractivity contribution is 6.30. The number of morpholine rings is 1. The zero-order chi connectivity index (χ0) is 21.5. The zero-order valence-corrected chi connectivity index (χ0v) is 18.4. The summed E-state index contributed by atoms with van der Waals surface area (Å²) in [6, 6.07) is 12.7. The van der Waals surface area contributed by atoms with Crippen LogP contribution in [0, 0.1) is 0 Å². The summed E-state index contributed by atoms with van der Waals surface area (Å²) in [4.78, 5) is 14.9. The first-order chi connectivity index (χ1) is 14.4. The number of ether oxygens (including phenoxy) is 3. The number of methoxy groups -OCH3 is 1. The van der Waals surface area contributed by atoms with Crippen LogP contribution in [0.5, 0.6) is 11.5 Å². The van der Waals surface area contributed by atoms with Gasteiger partial charge in [-0.3, -0.25) is 9.69 Å². The number of carbonyl (C=O) groups excluding carboxylic acids is 1. The van der Waals surface area contributed by atoms with Gasteiger partial charge < -0.3 is 19.5 Å². The van der Waals surface area contributed by atoms with E-state index in [1.807, 2.05) is 24.3 Å². The van der Waals surface area contributed by atoms with Gasteiger partial charge in [-0.25, -0.2) is 0 Å². The molecule has 7 heteroatoms. The van der Waals surface area contributed by atoms with Gasteiger partial charge in [-0.15, -0.1) is 0 Å². The molecule has 1 saturated heterocycles. The van der Waals surface area contributed by atoms with Crippen LogP contribution in [-0.4, -0.2) is 56.3 Å². The maximum Gasteiger partial charge on any atom is 0.251 e. The summed E-state index contributed by atoms with van der Waals surface area (Å²) < 4.78 is 17.0. The van der Waals surface area contributed by atoms with Gasteiger partial charge in [0, 0.05) is 36.8 Å². The smallest absolute Gasteiger partial charge is 0.251 e. The molecule has 6 nitrogen and oxygen atoms in total. The highest BCUT2D eigenvalue weighted by Gasteiger charge is 2.21. The summed E-state index contributed by atoms with van der Waals surface area (Å²) in [5, 5.41) is 3.66. The zero-order valence-electron chi connectivity index (χ0n) is 17.7. The van der Waals surface area contributed by atoms with Crippen LogP contribution in [0.4, 0.5) is 0 Å². The maximum atomic E-state index is 12.5. The fourth-order valence-electron chi connectivity index (χ4n) is 3.57. The molecule has 1 fully saturated rings. The highest BCUT2D eigenvalue weighted by Crippen LogP contribution is 2.29. The quantitative estimate of drug-likeness (QED) is 0.688. The molecule has 0 spiro atoms. The van der Waals surface area contributed by atoms with Gasteiger partial charge in [0.25, 0.3) is 5.91 Å². The molecule has 2 atom stereocenters. The number of nitrogens with one attached hydrogen (secondary N) is 1. The molecule has 0 saturated carbocycles. The van der Waals surface area contributed by atoms with Crippen LogP contribution in [-0.2, 0) is 11.3 Å². The minimum Gasteiger partial charge on any atom is -0.493 e. The second kappa shape index (κ2) is 10.7. The van der Waals surface area contributed by atoms with Gasteiger partial charge in [-0.1, -0.05) is 23.7 Å². The number of amides is 1. The lowest BCUT2D eigenvalue weighted by Crippen LogP contribution is -2.47. The van der Waals surface area contributed by atoms with Gasteiger partial charge >= 0.3 is 0 Å². The van der Waals surface area contributed by atoms with Crippen molar-refractivity contribution in [3.05, 3.63) is 58.6 Å². The molecular formula is C23H29ClN2O4. The Morgan fingerprint density at radius 1 is 1.13 bits per heavy atom. The Hall–Kier alpha value is -2.28. The fraction of sp³-hybridized carbons (Fsp3) is 0.435. The third-order valence-corrected chi connectivity index (χ3v) is 5.19. The Kier molecular flexibility index (Phi) is 7.96. The van der Waals surface area contributed by atoms with Gasteiger partial charge in [0.15, 0.2) is 11.5 Å². The number of nitrogens with zero attached hydrogens (tertiary/aromatic N) is 1. The molecule has 0 aromatic heterocycles. The standard InChI is InChI=1S/C23H29ClN2O4/c1-16-13-26(14-17(2)30-16)11-10-25-23(27)19-6-9-21(22(12-19)28-3)29-15-18-4-7-20(24)8-5-18/h4-9,12,16-17H,10-11,13-15H2,1-3H3,(H,25,27). The number of hydrogen-bond donors (Lipinski definition) is 1. The third kappa shape index (κ3) is 6.36. The molecule has 162 valence electrons. The van der Waals surface area contributed by atoms with E-state index in [-0.39, 0.29) is 18.1 Å². The van der Waals surface area contributed by atoms with Crippen molar-refractivity contribution in [2.24, 2.45) is 0 Å². The van der Waals surface area contributed by atoms with Crippen molar-refractivity contribution in [1.29, 1.82) is 0 Å². The van der Waals surface area contributed by atoms with Gasteiger partial charge in [-0.2, -0.15) is 0 Å². The molecule has 30 heavy (non-hydrogen) atoms. The lowest BCUT2D eigenvalue weighted by molar-refractivity contribution is -0.0672. The molecule has 0 radical (unpaired) electrons. The summed E-state index contributed by atoms with van der Waals surface area (Å²) in [6.07, 6.45) is 0.434. The van der Waals surface area contributed by atoms with E-state index in [2.05, 4.69) is 24.1 Å². The van der Waals surface area contributed by atoms with Gasteiger partial charge in [0.05, 0.1) is 19.3 Å². The van der Waals surface area contributed by atoms with E-state index in [1.165, 1.54) is 0 Å². The molecule has 3 rings (SSSR count). The van der Waals surface area contributed by atoms with Crippen molar-refractivity contribution in [3.8, 4) is 11.5 Å². The molecule has 2 unspecified atom stereocenters. The van der Waals surface area contributed by atoms with E-state index in [0.717, 1.165) is 25.2 Å². The third-order valence-electron chi connectivity index (χ3n) is 4.94. The van der Waals surface area contributed by atoms with Crippen molar-refractivity contribution < 1.29 is 19.0 Å². The van der Waals surface area contributed by atoms with Crippen LogP contribution < -0.4 is 14.8 Å². The predicted molar refractivity (Wildman–Crippen MR) is 118 cm³/mol. The Balaban J connectivity index is 1.52. The monoisotopic (exact) mass is 432 g/mol. The first-order valence-electron chi connectivity index (χ1n) is 10.2. The van der Waals surface area contributed by atoms with E-state index >= 15 is 0 Å². The summed E-state index contributed by atoms with van der Waals surface area (Å²) >= 11 is 5.91. The number of hydrogen-bond acceptors (Lipinski definition) is 5. The topological polar surface area (TPSA) is 60.0 Å². The van der Waals surface area contributed by atoms with Crippen molar-refractivity contribution in [3.63, 3.8) is 0 Å². The average molecular weight is 433 g/mol. The van der Waals surface area contributed by atoms with Crippen molar-refractivity contribution in [2.45, 2.75) is 32.7 Å². The normalized spacial score (nSPS) is 19.3. The molecule has 0 aliphatic carbocycles. The number of benzene rings is 2. The van der Waals surface area contributed by atoms with Crippen LogP contribution in [0.3, 0.4) is 0 Å². The second-order valence-corrected chi connectivity index (χ2v) is 7.99. The molecule has 1 N–H and O–H groups in total. The predicted octanol–water partition coefficient (Wildman–Crippen LogP) is 3.77. The number of carbonyl (C=O) groups is 1. The first kappa shape index (κ1) is 22.4. The number of halogens is 1. The highest BCUT2D eigenvalue weighted by atomic mass is 35.5. The second-order valence-electron chi connectivity index (χ2n) is 7.55. The average Bonchev–Trinajstić information content (AvgIpc) is 2.72. The Morgan fingerprint density at radius 2 is 1.83 bits per heavy atom. The van der Waals surface area contributed by atoms with E-state index in [4.69, 9.17) is 25.8 Å². The minimum atomic E-state index is -0.132. The number of rotatable bonds is 8. The first-order valence-corrected chi connectivity index (χ1v) is 10.5. The SMILES string of the molecule is COc1cc(C(=O)NCCN2CC(C)OC(C)C2)ccc1OCc1ccc(Cl)cc1. The molecule has 1 heterocycles. The van der Waals surface area contributed by atoms with Crippen LogP contribution in [0.1, 0.15) is 29.8 Å². The Labute approximate surface area is 183 Å². The van der Waals surface area contributed by atoms with E-state index in [9.17, 15) is 4.79 Å². The molecular weight excluding hydrogens is 404 g/mol. The van der Waals surface area contributed by atoms with Crippen LogP contribution >= 0.6 is 11.6 Å². The minimum absolute atomic E-state index is 0.132. The van der Waals surface area contributed by atoms with E-state index < -0.39 is 0 Å². The fourth-order valence-corrected chi connectivity index (χ4v) is 3.69. The van der Waals surface area contributed by atoms with Crippen LogP contribution in [0.2, 0.25) is 5.02 Å². The summed E-state index contributed by atoms with van der Waals surface area (Å²) in [6.45, 7) is 7.67.